The number of alkyl halides is 3. The molecule has 0 bridgehead atoms. The molecular weight excluding hydrogens is 365 g/mol. The summed E-state index contributed by atoms with van der Waals surface area (Å²) < 4.78 is 37.5. The number of H-pyrrole nitrogens is 1. The average molecular weight is 382 g/mol. The number of para-hydroxylation sites is 1. The molecule has 7 nitrogen and oxygen atoms in total. The van der Waals surface area contributed by atoms with Gasteiger partial charge in [0.05, 0.1) is 23.4 Å². The second kappa shape index (κ2) is 7.01. The van der Waals surface area contributed by atoms with Crippen LogP contribution in [0.4, 0.5) is 13.2 Å². The van der Waals surface area contributed by atoms with Crippen LogP contribution in [-0.2, 0) is 16.1 Å². The maximum Gasteiger partial charge on any atom is 0.406 e. The van der Waals surface area contributed by atoms with Gasteiger partial charge in [0.25, 0.3) is 5.56 Å². The van der Waals surface area contributed by atoms with E-state index in [9.17, 15) is 27.6 Å². The number of nitrogens with one attached hydrogen (secondary N) is 1. The van der Waals surface area contributed by atoms with Gasteiger partial charge in [-0.05, 0) is 12.1 Å². The molecule has 1 fully saturated rings. The minimum Gasteiger partial charge on any atom is -0.338 e. The van der Waals surface area contributed by atoms with E-state index in [1.807, 2.05) is 0 Å². The van der Waals surface area contributed by atoms with Crippen LogP contribution in [0.25, 0.3) is 10.9 Å². The molecule has 1 aromatic carbocycles. The zero-order valence-corrected chi connectivity index (χ0v) is 14.4. The number of rotatable bonds is 4. The van der Waals surface area contributed by atoms with Crippen LogP contribution >= 0.6 is 0 Å². The molecule has 1 N–H and O–H groups in total. The van der Waals surface area contributed by atoms with Crippen molar-refractivity contribution in [3.8, 4) is 0 Å². The Hall–Kier alpha value is -2.91. The molecule has 1 aromatic heterocycles. The largest absolute Gasteiger partial charge is 0.406 e. The Kier molecular flexibility index (Phi) is 4.90. The number of aromatic nitrogens is 2. The van der Waals surface area contributed by atoms with E-state index in [2.05, 4.69) is 9.97 Å². The lowest BCUT2D eigenvalue weighted by Gasteiger charge is -2.21. The van der Waals surface area contributed by atoms with Crippen LogP contribution in [0.15, 0.2) is 29.1 Å². The first kappa shape index (κ1) is 18.9. The molecular formula is C17H17F3N4O3. The van der Waals surface area contributed by atoms with Gasteiger partial charge in [0.1, 0.15) is 12.4 Å². The van der Waals surface area contributed by atoms with E-state index in [4.69, 9.17) is 0 Å². The summed E-state index contributed by atoms with van der Waals surface area (Å²) in [6.45, 7) is -1.66. The van der Waals surface area contributed by atoms with E-state index in [-0.39, 0.29) is 30.9 Å². The standard InChI is InChI=1S/C17H17F3N4O3/c1-23(8-13-21-12-5-3-2-4-11(12)15(26)22-13)16(27)10-6-14(25)24(7-10)9-17(18,19)20/h2-5,10H,6-9H2,1H3,(H,21,22,26). The lowest BCUT2D eigenvalue weighted by Crippen LogP contribution is -2.38. The maximum absolute atomic E-state index is 12.5. The van der Waals surface area contributed by atoms with Crippen LogP contribution in [0, 0.1) is 5.92 Å². The van der Waals surface area contributed by atoms with Gasteiger partial charge in [-0.2, -0.15) is 13.2 Å². The van der Waals surface area contributed by atoms with E-state index >= 15 is 0 Å². The van der Waals surface area contributed by atoms with Crippen LogP contribution in [-0.4, -0.2) is 57.9 Å². The molecule has 1 saturated heterocycles. The van der Waals surface area contributed by atoms with Gasteiger partial charge in [-0.3, -0.25) is 14.4 Å². The summed E-state index contributed by atoms with van der Waals surface area (Å²) in [6, 6.07) is 6.73. The predicted molar refractivity (Wildman–Crippen MR) is 89.6 cm³/mol. The van der Waals surface area contributed by atoms with Crippen molar-refractivity contribution >= 4 is 22.7 Å². The smallest absolute Gasteiger partial charge is 0.338 e. The lowest BCUT2D eigenvalue weighted by molar-refractivity contribution is -0.157. The molecule has 10 heteroatoms. The second-order valence-corrected chi connectivity index (χ2v) is 6.51. The zero-order valence-electron chi connectivity index (χ0n) is 14.4. The molecule has 2 aromatic rings. The van der Waals surface area contributed by atoms with Gasteiger partial charge < -0.3 is 14.8 Å². The lowest BCUT2D eigenvalue weighted by atomic mass is 10.1. The highest BCUT2D eigenvalue weighted by Gasteiger charge is 2.41. The van der Waals surface area contributed by atoms with Crippen LogP contribution in [0.2, 0.25) is 0 Å². The summed E-state index contributed by atoms with van der Waals surface area (Å²) in [7, 11) is 1.45. The van der Waals surface area contributed by atoms with E-state index in [0.29, 0.717) is 15.8 Å². The zero-order chi connectivity index (χ0) is 19.8. The van der Waals surface area contributed by atoms with E-state index in [0.717, 1.165) is 0 Å². The third-order valence-electron chi connectivity index (χ3n) is 4.36. The average Bonchev–Trinajstić information content (AvgIpc) is 2.93. The van der Waals surface area contributed by atoms with E-state index in [1.54, 1.807) is 24.3 Å². The van der Waals surface area contributed by atoms with Crippen LogP contribution in [0.3, 0.4) is 0 Å². The topological polar surface area (TPSA) is 86.4 Å². The molecule has 27 heavy (non-hydrogen) atoms. The Morgan fingerprint density at radius 1 is 1.33 bits per heavy atom. The summed E-state index contributed by atoms with van der Waals surface area (Å²) >= 11 is 0. The molecule has 2 heterocycles. The van der Waals surface area contributed by atoms with Crippen molar-refractivity contribution in [2.45, 2.75) is 19.1 Å². The molecule has 1 aliphatic rings. The molecule has 0 radical (unpaired) electrons. The number of carbonyl (C=O) groups is 2. The molecule has 144 valence electrons. The quantitative estimate of drug-likeness (QED) is 0.864. The predicted octanol–water partition coefficient (Wildman–Crippen LogP) is 1.29. The van der Waals surface area contributed by atoms with Crippen molar-refractivity contribution in [2.75, 3.05) is 20.1 Å². The van der Waals surface area contributed by atoms with E-state index in [1.165, 1.54) is 11.9 Å². The fourth-order valence-electron chi connectivity index (χ4n) is 3.13. The molecule has 3 rings (SSSR count). The summed E-state index contributed by atoms with van der Waals surface area (Å²) in [5, 5.41) is 0.416. The summed E-state index contributed by atoms with van der Waals surface area (Å²) in [5.41, 5.74) is 0.133. The number of fused-ring (bicyclic) bond motifs is 1. The van der Waals surface area contributed by atoms with Crippen molar-refractivity contribution in [3.63, 3.8) is 0 Å². The summed E-state index contributed by atoms with van der Waals surface area (Å²) in [5.74, 6) is -1.76. The minimum absolute atomic E-state index is 0.0249. The molecule has 1 aliphatic heterocycles. The highest BCUT2D eigenvalue weighted by molar-refractivity contribution is 5.89. The van der Waals surface area contributed by atoms with Gasteiger partial charge in [0.2, 0.25) is 11.8 Å². The highest BCUT2D eigenvalue weighted by Crippen LogP contribution is 2.25. The number of aromatic amines is 1. The number of amides is 2. The minimum atomic E-state index is -4.51. The molecule has 1 atom stereocenters. The first-order chi connectivity index (χ1) is 12.6. The maximum atomic E-state index is 12.5. The summed E-state index contributed by atoms with van der Waals surface area (Å²) in [4.78, 5) is 45.1. The van der Waals surface area contributed by atoms with Crippen molar-refractivity contribution < 1.29 is 22.8 Å². The molecule has 0 aliphatic carbocycles. The number of likely N-dealkylation sites (tertiary alicyclic amines) is 1. The van der Waals surface area contributed by atoms with Gasteiger partial charge in [-0.1, -0.05) is 12.1 Å². The third-order valence-corrected chi connectivity index (χ3v) is 4.36. The van der Waals surface area contributed by atoms with E-state index < -0.39 is 30.5 Å². The third kappa shape index (κ3) is 4.26. The van der Waals surface area contributed by atoms with Crippen molar-refractivity contribution in [2.24, 2.45) is 5.92 Å². The number of benzene rings is 1. The highest BCUT2D eigenvalue weighted by atomic mass is 19.4. The molecule has 2 amide bonds. The van der Waals surface area contributed by atoms with Crippen LogP contribution in [0.1, 0.15) is 12.2 Å². The van der Waals surface area contributed by atoms with Gasteiger partial charge in [0, 0.05) is 20.0 Å². The first-order valence-electron chi connectivity index (χ1n) is 8.21. The Labute approximate surface area is 151 Å². The Bertz CT molecular complexity index is 941. The van der Waals surface area contributed by atoms with Gasteiger partial charge in [-0.25, -0.2) is 4.98 Å². The Morgan fingerprint density at radius 3 is 2.74 bits per heavy atom. The number of hydrogen-bond donors (Lipinski definition) is 1. The van der Waals surface area contributed by atoms with Gasteiger partial charge in [-0.15, -0.1) is 0 Å². The van der Waals surface area contributed by atoms with Crippen molar-refractivity contribution in [1.82, 2.24) is 19.8 Å². The van der Waals surface area contributed by atoms with Crippen molar-refractivity contribution in [3.05, 3.63) is 40.4 Å². The molecule has 0 spiro atoms. The Morgan fingerprint density at radius 2 is 2.04 bits per heavy atom. The number of nitrogens with zero attached hydrogens (tertiary/aromatic N) is 3. The molecule has 1 unspecified atom stereocenters. The normalized spacial score (nSPS) is 17.6. The van der Waals surface area contributed by atoms with Gasteiger partial charge in [0.15, 0.2) is 0 Å². The van der Waals surface area contributed by atoms with Crippen molar-refractivity contribution in [1.29, 1.82) is 0 Å². The second-order valence-electron chi connectivity index (χ2n) is 6.51. The van der Waals surface area contributed by atoms with Crippen LogP contribution < -0.4 is 5.56 Å². The number of hydrogen-bond acceptors (Lipinski definition) is 4. The fraction of sp³-hybridized carbons (Fsp3) is 0.412. The Balaban J connectivity index is 1.70. The van der Waals surface area contributed by atoms with Gasteiger partial charge >= 0.3 is 6.18 Å². The first-order valence-corrected chi connectivity index (χ1v) is 8.21. The van der Waals surface area contributed by atoms with Crippen LogP contribution in [0.5, 0.6) is 0 Å². The number of halogens is 3. The number of carbonyl (C=O) groups excluding carboxylic acids is 2. The summed E-state index contributed by atoms with van der Waals surface area (Å²) in [6.07, 6.45) is -4.77. The molecule has 0 saturated carbocycles. The SMILES string of the molecule is CN(Cc1nc2ccccc2c(=O)[nH]1)C(=O)C1CC(=O)N(CC(F)(F)F)C1. The fourth-order valence-corrected chi connectivity index (χ4v) is 3.13. The monoisotopic (exact) mass is 382 g/mol.